The highest BCUT2D eigenvalue weighted by molar-refractivity contribution is 7.99. The molecule has 1 heterocycles. The third-order valence-electron chi connectivity index (χ3n) is 3.53. The predicted molar refractivity (Wildman–Crippen MR) is 112 cm³/mol. The molecule has 0 saturated heterocycles. The van der Waals surface area contributed by atoms with E-state index >= 15 is 0 Å². The van der Waals surface area contributed by atoms with Crippen molar-refractivity contribution in [2.45, 2.75) is 57.9 Å². The number of benzene rings is 1. The molecule has 1 aromatic carbocycles. The average Bonchev–Trinajstić information content (AvgIpc) is 3.06. The Morgan fingerprint density at radius 3 is 2.61 bits per heavy atom. The molecule has 7 heteroatoms. The average molecular weight is 404 g/mol. The molecule has 0 aliphatic carbocycles. The quantitative estimate of drug-likeness (QED) is 0.588. The van der Waals surface area contributed by atoms with E-state index in [0.29, 0.717) is 29.2 Å². The van der Waals surface area contributed by atoms with Gasteiger partial charge in [-0.3, -0.25) is 0 Å². The second-order valence-corrected chi connectivity index (χ2v) is 8.83. The fourth-order valence-corrected chi connectivity index (χ4v) is 3.01. The Balaban J connectivity index is 1.94. The Bertz CT molecular complexity index is 767. The third-order valence-corrected chi connectivity index (χ3v) is 4.30. The van der Waals surface area contributed by atoms with Crippen LogP contribution in [0.2, 0.25) is 0 Å². The predicted octanol–water partition coefficient (Wildman–Crippen LogP) is 5.49. The lowest BCUT2D eigenvalue weighted by molar-refractivity contribution is 0.0487. The first kappa shape index (κ1) is 22.0. The van der Waals surface area contributed by atoms with Crippen LogP contribution in [0, 0.1) is 5.92 Å². The summed E-state index contributed by atoms with van der Waals surface area (Å²) < 4.78 is 11.1. The van der Waals surface area contributed by atoms with Gasteiger partial charge in [0.25, 0.3) is 5.22 Å². The van der Waals surface area contributed by atoms with Crippen molar-refractivity contribution in [2.24, 2.45) is 5.92 Å². The summed E-state index contributed by atoms with van der Waals surface area (Å²) in [5.41, 5.74) is 0.584. The van der Waals surface area contributed by atoms with Crippen molar-refractivity contribution in [2.75, 3.05) is 5.75 Å². The molecule has 1 unspecified atom stereocenters. The zero-order chi connectivity index (χ0) is 20.6. The van der Waals surface area contributed by atoms with E-state index in [0.717, 1.165) is 5.56 Å². The Morgan fingerprint density at radius 2 is 1.96 bits per heavy atom. The first-order chi connectivity index (χ1) is 13.2. The summed E-state index contributed by atoms with van der Waals surface area (Å²) in [6, 6.07) is 9.71. The Hall–Kier alpha value is -2.28. The van der Waals surface area contributed by atoms with Gasteiger partial charge in [-0.25, -0.2) is 4.79 Å². The van der Waals surface area contributed by atoms with Gasteiger partial charge in [0, 0.05) is 5.75 Å². The molecule has 0 saturated carbocycles. The molecule has 1 atom stereocenters. The smallest absolute Gasteiger partial charge is 0.408 e. The lowest BCUT2D eigenvalue weighted by atomic mass is 10.0. The van der Waals surface area contributed by atoms with E-state index in [2.05, 4.69) is 41.5 Å². The highest BCUT2D eigenvalue weighted by Crippen LogP contribution is 2.24. The van der Waals surface area contributed by atoms with Gasteiger partial charge in [0.15, 0.2) is 0 Å². The van der Waals surface area contributed by atoms with Gasteiger partial charge >= 0.3 is 6.09 Å². The maximum Gasteiger partial charge on any atom is 0.408 e. The molecule has 2 aromatic rings. The highest BCUT2D eigenvalue weighted by Gasteiger charge is 2.25. The van der Waals surface area contributed by atoms with Crippen molar-refractivity contribution < 1.29 is 13.9 Å². The molecular weight excluding hydrogens is 374 g/mol. The van der Waals surface area contributed by atoms with Gasteiger partial charge in [0.2, 0.25) is 5.89 Å². The molecule has 0 aliphatic heterocycles. The van der Waals surface area contributed by atoms with Crippen molar-refractivity contribution in [3.8, 4) is 0 Å². The number of ether oxygens (including phenoxy) is 1. The number of thioether (sulfide) groups is 1. The topological polar surface area (TPSA) is 77.2 Å². The summed E-state index contributed by atoms with van der Waals surface area (Å²) in [5.74, 6) is 1.45. The number of amides is 1. The largest absolute Gasteiger partial charge is 0.444 e. The fraction of sp³-hybridized carbons (Fsp3) is 0.476. The SMILES string of the molecule is CC(C)CC(NC(=O)OC(C)(C)C)c1nnc(SCC=Cc2ccccc2)o1. The number of carbonyl (C=O) groups is 1. The van der Waals surface area contributed by atoms with Crippen LogP contribution in [-0.2, 0) is 4.74 Å². The summed E-state index contributed by atoms with van der Waals surface area (Å²) >= 11 is 1.45. The minimum absolute atomic E-state index is 0.344. The monoisotopic (exact) mass is 403 g/mol. The van der Waals surface area contributed by atoms with Crippen molar-refractivity contribution in [3.05, 3.63) is 47.9 Å². The molecular formula is C21H29N3O3S. The molecule has 6 nitrogen and oxygen atoms in total. The number of rotatable bonds is 8. The van der Waals surface area contributed by atoms with Gasteiger partial charge in [0.1, 0.15) is 11.6 Å². The second kappa shape index (κ2) is 10.3. The number of nitrogens with zero attached hydrogens (tertiary/aromatic N) is 2. The molecule has 0 bridgehead atoms. The number of aromatic nitrogens is 2. The molecule has 152 valence electrons. The molecule has 0 aliphatic rings. The lowest BCUT2D eigenvalue weighted by Crippen LogP contribution is -2.35. The van der Waals surface area contributed by atoms with Crippen LogP contribution in [-0.4, -0.2) is 27.6 Å². The number of nitrogens with one attached hydrogen (secondary N) is 1. The number of hydrogen-bond acceptors (Lipinski definition) is 6. The van der Waals surface area contributed by atoms with E-state index in [-0.39, 0.29) is 6.04 Å². The Morgan fingerprint density at radius 1 is 1.25 bits per heavy atom. The van der Waals surface area contributed by atoms with Crippen molar-refractivity contribution in [1.82, 2.24) is 15.5 Å². The molecule has 1 amide bonds. The zero-order valence-corrected chi connectivity index (χ0v) is 18.0. The molecule has 2 rings (SSSR count). The maximum absolute atomic E-state index is 12.1. The van der Waals surface area contributed by atoms with Gasteiger partial charge in [0.05, 0.1) is 0 Å². The van der Waals surface area contributed by atoms with Crippen molar-refractivity contribution >= 4 is 23.9 Å². The molecule has 1 N–H and O–H groups in total. The highest BCUT2D eigenvalue weighted by atomic mass is 32.2. The maximum atomic E-state index is 12.1. The van der Waals surface area contributed by atoms with Crippen LogP contribution < -0.4 is 5.32 Å². The lowest BCUT2D eigenvalue weighted by Gasteiger charge is -2.22. The minimum atomic E-state index is -0.562. The Kier molecular flexibility index (Phi) is 8.11. The molecule has 0 radical (unpaired) electrons. The standard InChI is InChI=1S/C21H29N3O3S/c1-15(2)14-17(22-19(25)27-21(3,4)5)18-23-24-20(26-18)28-13-9-12-16-10-7-6-8-11-16/h6-12,15,17H,13-14H2,1-5H3,(H,22,25). The summed E-state index contributed by atoms with van der Waals surface area (Å²) in [6.07, 6.45) is 4.29. The van der Waals surface area contributed by atoms with Crippen LogP contribution in [0.25, 0.3) is 6.08 Å². The van der Waals surface area contributed by atoms with Crippen LogP contribution in [0.1, 0.15) is 58.5 Å². The molecule has 0 spiro atoms. The van der Waals surface area contributed by atoms with E-state index < -0.39 is 11.7 Å². The van der Waals surface area contributed by atoms with E-state index in [1.165, 1.54) is 11.8 Å². The van der Waals surface area contributed by atoms with Gasteiger partial charge in [-0.15, -0.1) is 10.2 Å². The van der Waals surface area contributed by atoms with Gasteiger partial charge < -0.3 is 14.5 Å². The molecule has 1 aromatic heterocycles. The van der Waals surface area contributed by atoms with Gasteiger partial charge in [-0.2, -0.15) is 0 Å². The zero-order valence-electron chi connectivity index (χ0n) is 17.1. The fourth-order valence-electron chi connectivity index (χ4n) is 2.43. The Labute approximate surface area is 171 Å². The molecule has 0 fully saturated rings. The van der Waals surface area contributed by atoms with Crippen LogP contribution in [0.4, 0.5) is 4.79 Å². The number of carbonyl (C=O) groups excluding carboxylic acids is 1. The van der Waals surface area contributed by atoms with Gasteiger partial charge in [-0.05, 0) is 38.7 Å². The summed E-state index contributed by atoms with van der Waals surface area (Å²) in [7, 11) is 0. The van der Waals surface area contributed by atoms with E-state index in [4.69, 9.17) is 9.15 Å². The van der Waals surface area contributed by atoms with Gasteiger partial charge in [-0.1, -0.05) is 68.1 Å². The van der Waals surface area contributed by atoms with E-state index in [1.807, 2.05) is 51.1 Å². The van der Waals surface area contributed by atoms with Crippen LogP contribution in [0.15, 0.2) is 46.0 Å². The number of hydrogen-bond donors (Lipinski definition) is 1. The summed E-state index contributed by atoms with van der Waals surface area (Å²) in [4.78, 5) is 12.1. The van der Waals surface area contributed by atoms with Crippen molar-refractivity contribution in [3.63, 3.8) is 0 Å². The second-order valence-electron chi connectivity index (χ2n) is 7.86. The van der Waals surface area contributed by atoms with Crippen molar-refractivity contribution in [1.29, 1.82) is 0 Å². The van der Waals surface area contributed by atoms with Crippen LogP contribution in [0.3, 0.4) is 0 Å². The first-order valence-electron chi connectivity index (χ1n) is 9.40. The third kappa shape index (κ3) is 8.17. The molecule has 28 heavy (non-hydrogen) atoms. The number of alkyl carbamates (subject to hydrolysis) is 1. The van der Waals surface area contributed by atoms with E-state index in [1.54, 1.807) is 0 Å². The van der Waals surface area contributed by atoms with Crippen LogP contribution in [0.5, 0.6) is 0 Å². The minimum Gasteiger partial charge on any atom is -0.444 e. The normalized spacial score (nSPS) is 13.1. The van der Waals surface area contributed by atoms with Crippen LogP contribution >= 0.6 is 11.8 Å². The first-order valence-corrected chi connectivity index (χ1v) is 10.4. The summed E-state index contributed by atoms with van der Waals surface area (Å²) in [5, 5.41) is 11.5. The summed E-state index contributed by atoms with van der Waals surface area (Å²) in [6.45, 7) is 9.63. The van der Waals surface area contributed by atoms with E-state index in [9.17, 15) is 4.79 Å².